The molecule has 0 heterocycles. The number of hydrogen-bond donors (Lipinski definition) is 0. The average Bonchev–Trinajstić information content (AvgIpc) is 2.03. The highest BCUT2D eigenvalue weighted by atomic mass is 79.9. The Morgan fingerprint density at radius 1 is 1.54 bits per heavy atom. The van der Waals surface area contributed by atoms with Crippen LogP contribution < -0.4 is 0 Å². The molecule has 0 aliphatic heterocycles. The van der Waals surface area contributed by atoms with Gasteiger partial charge in [0.15, 0.2) is 0 Å². The third kappa shape index (κ3) is 2.26. The van der Waals surface area contributed by atoms with Gasteiger partial charge in [0.2, 0.25) is 0 Å². The standard InChI is InChI=1S/C7H3BrClNO3/c8-6-3-4(10(12)13)1-2-5(6)7(9)11/h1-3H. The number of non-ortho nitro benzene ring substituents is 1. The van der Waals surface area contributed by atoms with Gasteiger partial charge in [0.05, 0.1) is 4.92 Å². The van der Waals surface area contributed by atoms with Crippen LogP contribution in [-0.2, 0) is 0 Å². The summed E-state index contributed by atoms with van der Waals surface area (Å²) in [5, 5.41) is 9.65. The molecule has 0 saturated heterocycles. The van der Waals surface area contributed by atoms with Gasteiger partial charge in [-0.25, -0.2) is 0 Å². The number of rotatable bonds is 2. The van der Waals surface area contributed by atoms with Gasteiger partial charge >= 0.3 is 0 Å². The zero-order valence-electron chi connectivity index (χ0n) is 6.16. The first kappa shape index (κ1) is 10.1. The summed E-state index contributed by atoms with van der Waals surface area (Å²) >= 11 is 8.21. The number of nitro groups is 1. The lowest BCUT2D eigenvalue weighted by molar-refractivity contribution is -0.384. The molecule has 0 aliphatic rings. The van der Waals surface area contributed by atoms with Gasteiger partial charge in [-0.2, -0.15) is 0 Å². The van der Waals surface area contributed by atoms with Crippen molar-refractivity contribution in [3.63, 3.8) is 0 Å². The highest BCUT2D eigenvalue weighted by molar-refractivity contribution is 9.10. The maximum atomic E-state index is 10.7. The Morgan fingerprint density at radius 3 is 2.54 bits per heavy atom. The minimum absolute atomic E-state index is 0.0893. The van der Waals surface area contributed by atoms with E-state index in [0.29, 0.717) is 4.47 Å². The maximum absolute atomic E-state index is 10.7. The zero-order chi connectivity index (χ0) is 10.0. The Labute approximate surface area is 86.8 Å². The second-order valence-electron chi connectivity index (χ2n) is 2.19. The number of halogens is 2. The molecule has 0 saturated carbocycles. The third-order valence-corrected chi connectivity index (χ3v) is 2.23. The molecular weight excluding hydrogens is 261 g/mol. The van der Waals surface area contributed by atoms with Gasteiger partial charge in [0.1, 0.15) is 0 Å². The predicted octanol–water partition coefficient (Wildman–Crippen LogP) is 2.74. The lowest BCUT2D eigenvalue weighted by atomic mass is 10.2. The molecule has 4 nitrogen and oxygen atoms in total. The van der Waals surface area contributed by atoms with E-state index in [1.165, 1.54) is 18.2 Å². The van der Waals surface area contributed by atoms with Crippen molar-refractivity contribution >= 4 is 38.5 Å². The molecule has 0 atom stereocenters. The van der Waals surface area contributed by atoms with Gasteiger partial charge in [-0.15, -0.1) is 0 Å². The molecule has 0 N–H and O–H groups in total. The van der Waals surface area contributed by atoms with Crippen LogP contribution in [-0.4, -0.2) is 10.2 Å². The predicted molar refractivity (Wildman–Crippen MR) is 51.0 cm³/mol. The van der Waals surface area contributed by atoms with Crippen molar-refractivity contribution in [2.24, 2.45) is 0 Å². The van der Waals surface area contributed by atoms with Gasteiger partial charge in [0.25, 0.3) is 10.9 Å². The molecule has 0 spiro atoms. The monoisotopic (exact) mass is 263 g/mol. The minimum Gasteiger partial charge on any atom is -0.276 e. The molecule has 0 aliphatic carbocycles. The highest BCUT2D eigenvalue weighted by Gasteiger charge is 2.12. The molecule has 1 aromatic rings. The van der Waals surface area contributed by atoms with Crippen LogP contribution in [0.4, 0.5) is 5.69 Å². The Hall–Kier alpha value is -0.940. The highest BCUT2D eigenvalue weighted by Crippen LogP contribution is 2.23. The maximum Gasteiger partial charge on any atom is 0.270 e. The van der Waals surface area contributed by atoms with Crippen molar-refractivity contribution < 1.29 is 9.72 Å². The molecule has 13 heavy (non-hydrogen) atoms. The number of benzene rings is 1. The van der Waals surface area contributed by atoms with Crippen molar-refractivity contribution in [3.05, 3.63) is 38.3 Å². The molecule has 0 unspecified atom stereocenters. The van der Waals surface area contributed by atoms with Crippen molar-refractivity contribution in [2.75, 3.05) is 0 Å². The van der Waals surface area contributed by atoms with Crippen LogP contribution in [0.3, 0.4) is 0 Å². The first-order valence-corrected chi connectivity index (χ1v) is 4.33. The summed E-state index contributed by atoms with van der Waals surface area (Å²) in [4.78, 5) is 20.5. The van der Waals surface area contributed by atoms with E-state index in [9.17, 15) is 14.9 Å². The van der Waals surface area contributed by atoms with E-state index in [1.54, 1.807) is 0 Å². The largest absolute Gasteiger partial charge is 0.276 e. The van der Waals surface area contributed by atoms with Crippen LogP contribution in [0.5, 0.6) is 0 Å². The average molecular weight is 264 g/mol. The smallest absolute Gasteiger partial charge is 0.270 e. The second kappa shape index (κ2) is 3.85. The normalized spacial score (nSPS) is 9.69. The molecule has 0 fully saturated rings. The van der Waals surface area contributed by atoms with Crippen LogP contribution in [0.15, 0.2) is 22.7 Å². The van der Waals surface area contributed by atoms with Crippen molar-refractivity contribution in [3.8, 4) is 0 Å². The summed E-state index contributed by atoms with van der Waals surface area (Å²) in [6, 6.07) is 3.76. The molecule has 0 bridgehead atoms. The number of carbonyl (C=O) groups is 1. The Kier molecular flexibility index (Phi) is 3.00. The Bertz CT molecular complexity index is 380. The van der Waals surface area contributed by atoms with Crippen LogP contribution in [0.25, 0.3) is 0 Å². The first-order chi connectivity index (χ1) is 6.02. The zero-order valence-corrected chi connectivity index (χ0v) is 8.50. The minimum atomic E-state index is -0.651. The number of carbonyl (C=O) groups excluding carboxylic acids is 1. The number of nitrogens with zero attached hydrogens (tertiary/aromatic N) is 1. The van der Waals surface area contributed by atoms with Crippen molar-refractivity contribution in [1.29, 1.82) is 0 Å². The van der Waals surface area contributed by atoms with E-state index in [1.807, 2.05) is 0 Å². The molecule has 1 rings (SSSR count). The van der Waals surface area contributed by atoms with Gasteiger partial charge in [0, 0.05) is 22.2 Å². The van der Waals surface area contributed by atoms with E-state index in [0.717, 1.165) is 0 Å². The lowest BCUT2D eigenvalue weighted by Gasteiger charge is -1.97. The fourth-order valence-electron chi connectivity index (χ4n) is 0.777. The summed E-state index contributed by atoms with van der Waals surface area (Å²) in [5.74, 6) is 0. The van der Waals surface area contributed by atoms with E-state index >= 15 is 0 Å². The molecule has 0 amide bonds. The van der Waals surface area contributed by atoms with Crippen LogP contribution in [0.2, 0.25) is 0 Å². The molecule has 68 valence electrons. The van der Waals surface area contributed by atoms with Crippen LogP contribution in [0, 0.1) is 10.1 Å². The van der Waals surface area contributed by atoms with Crippen LogP contribution in [0.1, 0.15) is 10.4 Å². The molecule has 6 heteroatoms. The molecule has 0 aromatic heterocycles. The molecule has 0 radical (unpaired) electrons. The van der Waals surface area contributed by atoms with E-state index < -0.39 is 10.2 Å². The summed E-state index contributed by atoms with van der Waals surface area (Å²) in [5.41, 5.74) is 0.126. The van der Waals surface area contributed by atoms with Crippen molar-refractivity contribution in [2.45, 2.75) is 0 Å². The fourth-order valence-corrected chi connectivity index (χ4v) is 1.60. The molecule has 1 aromatic carbocycles. The van der Waals surface area contributed by atoms with Crippen molar-refractivity contribution in [1.82, 2.24) is 0 Å². The SMILES string of the molecule is O=C(Cl)c1ccc([N+](=O)[O-])cc1Br. The van der Waals surface area contributed by atoms with Gasteiger partial charge < -0.3 is 0 Å². The van der Waals surface area contributed by atoms with Gasteiger partial charge in [-0.05, 0) is 33.6 Å². The Balaban J connectivity index is 3.20. The second-order valence-corrected chi connectivity index (χ2v) is 3.39. The van der Waals surface area contributed by atoms with E-state index in [2.05, 4.69) is 15.9 Å². The fraction of sp³-hybridized carbons (Fsp3) is 0. The molecular formula is C7H3BrClNO3. The lowest BCUT2D eigenvalue weighted by Crippen LogP contribution is -1.93. The first-order valence-electron chi connectivity index (χ1n) is 3.16. The summed E-state index contributed by atoms with van der Waals surface area (Å²) in [6.07, 6.45) is 0. The summed E-state index contributed by atoms with van der Waals surface area (Å²) in [7, 11) is 0. The number of nitro benzene ring substituents is 1. The van der Waals surface area contributed by atoms with E-state index in [4.69, 9.17) is 11.6 Å². The quantitative estimate of drug-likeness (QED) is 0.469. The van der Waals surface area contributed by atoms with E-state index in [-0.39, 0.29) is 11.3 Å². The summed E-state index contributed by atoms with van der Waals surface area (Å²) in [6.45, 7) is 0. The number of hydrogen-bond acceptors (Lipinski definition) is 3. The summed E-state index contributed by atoms with van der Waals surface area (Å²) < 4.78 is 0.321. The Morgan fingerprint density at radius 2 is 2.15 bits per heavy atom. The topological polar surface area (TPSA) is 60.2 Å². The van der Waals surface area contributed by atoms with Gasteiger partial charge in [-0.3, -0.25) is 14.9 Å². The van der Waals surface area contributed by atoms with Crippen LogP contribution >= 0.6 is 27.5 Å². The third-order valence-electron chi connectivity index (χ3n) is 1.38. The van der Waals surface area contributed by atoms with Gasteiger partial charge in [-0.1, -0.05) is 0 Å².